The van der Waals surface area contributed by atoms with Crippen LogP contribution in [0.3, 0.4) is 0 Å². The van der Waals surface area contributed by atoms with Crippen molar-refractivity contribution in [2.45, 2.75) is 89.9 Å². The number of hydrogen-bond acceptors (Lipinski definition) is 3. The summed E-state index contributed by atoms with van der Waals surface area (Å²) in [6.07, 6.45) is 18.3. The van der Waals surface area contributed by atoms with E-state index in [0.717, 1.165) is 61.5 Å². The number of fused-ring (bicyclic) bond motifs is 1. The third kappa shape index (κ3) is 9.96. The van der Waals surface area contributed by atoms with Crippen molar-refractivity contribution in [1.82, 2.24) is 4.98 Å². The molecule has 0 spiro atoms. The molecule has 0 radical (unpaired) electrons. The number of pyridine rings is 1. The van der Waals surface area contributed by atoms with E-state index in [1.54, 1.807) is 16.8 Å². The van der Waals surface area contributed by atoms with Crippen LogP contribution < -0.4 is 9.80 Å². The number of hydrogen-bond donors (Lipinski definition) is 0. The Morgan fingerprint density at radius 2 is 1.25 bits per heavy atom. The van der Waals surface area contributed by atoms with E-state index in [4.69, 9.17) is 4.98 Å². The lowest BCUT2D eigenvalue weighted by molar-refractivity contribution is -0.119. The standard InChI is InChI=1S/C31H45N3O2/c1-5-7-9-11-13-15-17-19-30(35)33(3)27-22-23-28-26(25-27)21-24-29(32-28)34(4)31(36)20-18-16-14-12-10-8-6-2/h5-6,21-25H,1-2,7-20H2,3-4H3. The third-order valence-corrected chi connectivity index (χ3v) is 6.74. The first-order valence-corrected chi connectivity index (χ1v) is 13.6. The third-order valence-electron chi connectivity index (χ3n) is 6.74. The van der Waals surface area contributed by atoms with Crippen molar-refractivity contribution >= 4 is 34.2 Å². The molecule has 0 unspecified atom stereocenters. The van der Waals surface area contributed by atoms with Crippen LogP contribution in [0.2, 0.25) is 0 Å². The maximum absolute atomic E-state index is 12.7. The topological polar surface area (TPSA) is 53.5 Å². The molecule has 0 atom stereocenters. The van der Waals surface area contributed by atoms with Gasteiger partial charge in [-0.2, -0.15) is 0 Å². The highest BCUT2D eigenvalue weighted by atomic mass is 16.2. The van der Waals surface area contributed by atoms with Crippen LogP contribution in [0.5, 0.6) is 0 Å². The molecule has 0 fully saturated rings. The fourth-order valence-corrected chi connectivity index (χ4v) is 4.30. The van der Waals surface area contributed by atoms with E-state index in [-0.39, 0.29) is 11.8 Å². The SMILES string of the molecule is C=CCCCCCCCC(=O)N(C)c1ccc2nc(N(C)C(=O)CCCCCCCC=C)ccc2c1. The van der Waals surface area contributed by atoms with Crippen molar-refractivity contribution in [3.63, 3.8) is 0 Å². The fraction of sp³-hybridized carbons (Fsp3) is 0.516. The van der Waals surface area contributed by atoms with Crippen LogP contribution >= 0.6 is 0 Å². The van der Waals surface area contributed by atoms with Gasteiger partial charge in [-0.05, 0) is 68.9 Å². The molecule has 0 aliphatic carbocycles. The smallest absolute Gasteiger partial charge is 0.227 e. The lowest BCUT2D eigenvalue weighted by Gasteiger charge is -2.19. The minimum Gasteiger partial charge on any atom is -0.315 e. The summed E-state index contributed by atoms with van der Waals surface area (Å²) < 4.78 is 0. The molecule has 0 aliphatic rings. The second-order valence-corrected chi connectivity index (χ2v) is 9.64. The molecule has 0 saturated heterocycles. The zero-order valence-electron chi connectivity index (χ0n) is 22.5. The van der Waals surface area contributed by atoms with Crippen LogP contribution in [0.1, 0.15) is 89.9 Å². The number of carbonyl (C=O) groups is 2. The van der Waals surface area contributed by atoms with E-state index in [1.807, 2.05) is 49.5 Å². The molecule has 1 aromatic heterocycles. The van der Waals surface area contributed by atoms with Gasteiger partial charge in [0.1, 0.15) is 5.82 Å². The second kappa shape index (κ2) is 16.7. The first-order chi connectivity index (χ1) is 17.5. The number of nitrogens with zero attached hydrogens (tertiary/aromatic N) is 3. The van der Waals surface area contributed by atoms with Gasteiger partial charge in [0.2, 0.25) is 11.8 Å². The first-order valence-electron chi connectivity index (χ1n) is 13.6. The zero-order chi connectivity index (χ0) is 26.2. The number of unbranched alkanes of at least 4 members (excludes halogenated alkanes) is 10. The highest BCUT2D eigenvalue weighted by Gasteiger charge is 2.14. The molecule has 0 saturated carbocycles. The van der Waals surface area contributed by atoms with Gasteiger partial charge in [-0.25, -0.2) is 4.98 Å². The Labute approximate surface area is 218 Å². The summed E-state index contributed by atoms with van der Waals surface area (Å²) in [4.78, 5) is 33.4. The lowest BCUT2D eigenvalue weighted by atomic mass is 10.1. The van der Waals surface area contributed by atoms with Crippen molar-refractivity contribution in [3.05, 3.63) is 55.6 Å². The number of carbonyl (C=O) groups excluding carboxylic acids is 2. The summed E-state index contributed by atoms with van der Waals surface area (Å²) >= 11 is 0. The highest BCUT2D eigenvalue weighted by molar-refractivity contribution is 5.96. The molecular formula is C31H45N3O2. The monoisotopic (exact) mass is 491 g/mol. The number of allylic oxidation sites excluding steroid dienone is 2. The van der Waals surface area contributed by atoms with E-state index < -0.39 is 0 Å². The molecule has 196 valence electrons. The normalized spacial score (nSPS) is 10.8. The summed E-state index contributed by atoms with van der Waals surface area (Å²) in [5.74, 6) is 0.885. The van der Waals surface area contributed by atoms with Crippen LogP contribution in [-0.2, 0) is 9.59 Å². The predicted octanol–water partition coefficient (Wildman–Crippen LogP) is 7.99. The van der Waals surface area contributed by atoms with Crippen molar-refractivity contribution in [2.24, 2.45) is 0 Å². The van der Waals surface area contributed by atoms with E-state index in [9.17, 15) is 9.59 Å². The summed E-state index contributed by atoms with van der Waals surface area (Å²) in [5.41, 5.74) is 1.68. The van der Waals surface area contributed by atoms with Gasteiger partial charge in [-0.15, -0.1) is 13.2 Å². The van der Waals surface area contributed by atoms with Gasteiger partial charge in [0.25, 0.3) is 0 Å². The Hall–Kier alpha value is -2.95. The van der Waals surface area contributed by atoms with Gasteiger partial charge >= 0.3 is 0 Å². The van der Waals surface area contributed by atoms with Crippen molar-refractivity contribution in [2.75, 3.05) is 23.9 Å². The Bertz CT molecular complexity index is 906. The highest BCUT2D eigenvalue weighted by Crippen LogP contribution is 2.24. The molecule has 0 bridgehead atoms. The maximum Gasteiger partial charge on any atom is 0.227 e. The largest absolute Gasteiger partial charge is 0.315 e. The van der Waals surface area contributed by atoms with Crippen LogP contribution in [-0.4, -0.2) is 30.9 Å². The summed E-state index contributed by atoms with van der Waals surface area (Å²) in [6.45, 7) is 7.50. The zero-order valence-corrected chi connectivity index (χ0v) is 22.5. The molecular weight excluding hydrogens is 446 g/mol. The van der Waals surface area contributed by atoms with Crippen molar-refractivity contribution in [1.29, 1.82) is 0 Å². The summed E-state index contributed by atoms with van der Waals surface area (Å²) in [7, 11) is 3.63. The van der Waals surface area contributed by atoms with E-state index in [1.165, 1.54) is 32.1 Å². The maximum atomic E-state index is 12.7. The first kappa shape index (κ1) is 29.3. The molecule has 1 aromatic carbocycles. The molecule has 2 amide bonds. The van der Waals surface area contributed by atoms with Crippen LogP contribution in [0.15, 0.2) is 55.6 Å². The lowest BCUT2D eigenvalue weighted by Crippen LogP contribution is -2.27. The van der Waals surface area contributed by atoms with E-state index in [0.29, 0.717) is 18.7 Å². The Morgan fingerprint density at radius 3 is 1.83 bits per heavy atom. The Morgan fingerprint density at radius 1 is 0.722 bits per heavy atom. The Balaban J connectivity index is 1.84. The van der Waals surface area contributed by atoms with Crippen LogP contribution in [0.25, 0.3) is 10.9 Å². The van der Waals surface area contributed by atoms with E-state index >= 15 is 0 Å². The van der Waals surface area contributed by atoms with Gasteiger partial charge in [0.15, 0.2) is 0 Å². The van der Waals surface area contributed by atoms with Gasteiger partial charge in [0.05, 0.1) is 5.52 Å². The number of benzene rings is 1. The fourth-order valence-electron chi connectivity index (χ4n) is 4.30. The summed E-state index contributed by atoms with van der Waals surface area (Å²) in [6, 6.07) is 9.71. The molecule has 2 aromatic rings. The number of aromatic nitrogens is 1. The van der Waals surface area contributed by atoms with E-state index in [2.05, 4.69) is 13.2 Å². The van der Waals surface area contributed by atoms with Gasteiger partial charge in [-0.3, -0.25) is 14.5 Å². The Kier molecular flexibility index (Phi) is 13.6. The second-order valence-electron chi connectivity index (χ2n) is 9.64. The predicted molar refractivity (Wildman–Crippen MR) is 154 cm³/mol. The summed E-state index contributed by atoms with van der Waals surface area (Å²) in [5, 5.41) is 0.957. The molecule has 0 N–H and O–H groups in total. The van der Waals surface area contributed by atoms with Gasteiger partial charge < -0.3 is 4.90 Å². The number of anilines is 2. The van der Waals surface area contributed by atoms with Gasteiger partial charge in [0, 0.05) is 38.0 Å². The van der Waals surface area contributed by atoms with Crippen LogP contribution in [0.4, 0.5) is 11.5 Å². The minimum atomic E-state index is 0.0931. The van der Waals surface area contributed by atoms with Crippen molar-refractivity contribution < 1.29 is 9.59 Å². The molecule has 5 nitrogen and oxygen atoms in total. The molecule has 5 heteroatoms. The minimum absolute atomic E-state index is 0.0931. The average Bonchev–Trinajstić information content (AvgIpc) is 2.90. The molecule has 36 heavy (non-hydrogen) atoms. The quantitative estimate of drug-likeness (QED) is 0.157. The molecule has 2 rings (SSSR count). The van der Waals surface area contributed by atoms with Crippen molar-refractivity contribution in [3.8, 4) is 0 Å². The molecule has 0 aliphatic heterocycles. The molecule has 1 heterocycles. The van der Waals surface area contributed by atoms with Crippen LogP contribution in [0, 0.1) is 0 Å². The number of amides is 2. The average molecular weight is 492 g/mol. The number of rotatable bonds is 18. The van der Waals surface area contributed by atoms with Gasteiger partial charge in [-0.1, -0.05) is 50.7 Å².